The number of benzene rings is 2. The van der Waals surface area contributed by atoms with Gasteiger partial charge in [0, 0.05) is 25.2 Å². The standard InChI is InChI=1S/C24H20F3N3O2/c1-13-7-15(8-14-3-4-18(20(26)10-14)23(31)28-2)9-19-17(13)5-6-30(24(19)32)22-21(27)11-16(25)12-29-22/h3-4,7,9-12H,5-6,8H2,1-2H3,(H,28,31). The molecule has 0 atom stereocenters. The van der Waals surface area contributed by atoms with E-state index in [2.05, 4.69) is 10.3 Å². The summed E-state index contributed by atoms with van der Waals surface area (Å²) in [5.74, 6) is -3.49. The van der Waals surface area contributed by atoms with Gasteiger partial charge in [0.25, 0.3) is 11.8 Å². The van der Waals surface area contributed by atoms with Crippen molar-refractivity contribution in [3.63, 3.8) is 0 Å². The molecule has 0 aliphatic carbocycles. The first kappa shape index (κ1) is 21.5. The number of pyridine rings is 1. The topological polar surface area (TPSA) is 62.3 Å². The van der Waals surface area contributed by atoms with Crippen LogP contribution in [-0.2, 0) is 12.8 Å². The van der Waals surface area contributed by atoms with Crippen molar-refractivity contribution in [3.05, 3.63) is 93.4 Å². The molecule has 1 aliphatic rings. The van der Waals surface area contributed by atoms with Gasteiger partial charge in [-0.2, -0.15) is 0 Å². The summed E-state index contributed by atoms with van der Waals surface area (Å²) in [5.41, 5.74) is 3.55. The Hall–Kier alpha value is -3.68. The minimum Gasteiger partial charge on any atom is -0.355 e. The summed E-state index contributed by atoms with van der Waals surface area (Å²) in [4.78, 5) is 29.8. The second kappa shape index (κ2) is 8.45. The van der Waals surface area contributed by atoms with Gasteiger partial charge < -0.3 is 5.32 Å². The summed E-state index contributed by atoms with van der Waals surface area (Å²) in [7, 11) is 1.43. The van der Waals surface area contributed by atoms with E-state index < -0.39 is 29.3 Å². The fourth-order valence-corrected chi connectivity index (χ4v) is 4.02. The molecule has 1 aromatic heterocycles. The lowest BCUT2D eigenvalue weighted by molar-refractivity contribution is 0.0956. The van der Waals surface area contributed by atoms with Gasteiger partial charge in [0.05, 0.1) is 11.8 Å². The summed E-state index contributed by atoms with van der Waals surface area (Å²) >= 11 is 0. The van der Waals surface area contributed by atoms with Crippen molar-refractivity contribution in [2.24, 2.45) is 0 Å². The first-order valence-corrected chi connectivity index (χ1v) is 10.0. The molecule has 2 heterocycles. The van der Waals surface area contributed by atoms with E-state index in [1.54, 1.807) is 12.1 Å². The molecule has 3 aromatic rings. The number of halogens is 3. The summed E-state index contributed by atoms with van der Waals surface area (Å²) < 4.78 is 41.8. The maximum absolute atomic E-state index is 14.3. The monoisotopic (exact) mass is 439 g/mol. The van der Waals surface area contributed by atoms with Crippen LogP contribution >= 0.6 is 0 Å². The lowest BCUT2D eigenvalue weighted by Gasteiger charge is -2.29. The highest BCUT2D eigenvalue weighted by Gasteiger charge is 2.29. The minimum atomic E-state index is -0.902. The number of nitrogens with zero attached hydrogens (tertiary/aromatic N) is 2. The predicted octanol–water partition coefficient (Wildman–Crippen LogP) is 3.96. The van der Waals surface area contributed by atoms with Crippen LogP contribution in [0.15, 0.2) is 42.6 Å². The van der Waals surface area contributed by atoms with Gasteiger partial charge in [0.1, 0.15) is 11.6 Å². The number of anilines is 1. The Labute approximate surface area is 182 Å². The number of amides is 2. The van der Waals surface area contributed by atoms with Crippen LogP contribution in [0, 0.1) is 24.4 Å². The third kappa shape index (κ3) is 3.95. The number of hydrogen-bond donors (Lipinski definition) is 1. The highest BCUT2D eigenvalue weighted by molar-refractivity contribution is 6.08. The minimum absolute atomic E-state index is 0.0440. The zero-order valence-electron chi connectivity index (χ0n) is 17.5. The Morgan fingerprint density at radius 1 is 1.09 bits per heavy atom. The Balaban J connectivity index is 1.65. The van der Waals surface area contributed by atoms with Gasteiger partial charge in [-0.3, -0.25) is 14.5 Å². The summed E-state index contributed by atoms with van der Waals surface area (Å²) in [6.45, 7) is 2.12. The molecule has 0 radical (unpaired) electrons. The van der Waals surface area contributed by atoms with Crippen molar-refractivity contribution >= 4 is 17.6 Å². The average molecular weight is 439 g/mol. The van der Waals surface area contributed by atoms with Gasteiger partial charge in [0.15, 0.2) is 11.6 Å². The molecule has 32 heavy (non-hydrogen) atoms. The van der Waals surface area contributed by atoms with Gasteiger partial charge >= 0.3 is 0 Å². The molecule has 0 bridgehead atoms. The van der Waals surface area contributed by atoms with Crippen LogP contribution in [0.5, 0.6) is 0 Å². The van der Waals surface area contributed by atoms with Crippen LogP contribution in [-0.4, -0.2) is 30.4 Å². The fraction of sp³-hybridized carbons (Fsp3) is 0.208. The largest absolute Gasteiger partial charge is 0.355 e. The van der Waals surface area contributed by atoms with E-state index in [4.69, 9.17) is 0 Å². The Bertz CT molecular complexity index is 1240. The summed E-state index contributed by atoms with van der Waals surface area (Å²) in [5, 5.41) is 2.39. The molecule has 0 saturated carbocycles. The molecule has 0 saturated heterocycles. The lowest BCUT2D eigenvalue weighted by Crippen LogP contribution is -2.39. The Morgan fingerprint density at radius 3 is 2.56 bits per heavy atom. The molecule has 1 aliphatic heterocycles. The molecule has 0 spiro atoms. The SMILES string of the molecule is CNC(=O)c1ccc(Cc2cc(C)c3c(c2)C(=O)N(c2ncc(F)cc2F)CC3)cc1F. The lowest BCUT2D eigenvalue weighted by atomic mass is 9.90. The van der Waals surface area contributed by atoms with Crippen LogP contribution in [0.3, 0.4) is 0 Å². The highest BCUT2D eigenvalue weighted by Crippen LogP contribution is 2.29. The molecule has 4 rings (SSSR count). The van der Waals surface area contributed by atoms with E-state index in [1.807, 2.05) is 13.0 Å². The molecular formula is C24H20F3N3O2. The van der Waals surface area contributed by atoms with Crippen molar-refractivity contribution in [3.8, 4) is 0 Å². The number of hydrogen-bond acceptors (Lipinski definition) is 3. The molecule has 0 unspecified atom stereocenters. The molecule has 164 valence electrons. The van der Waals surface area contributed by atoms with Gasteiger partial charge in [-0.1, -0.05) is 12.1 Å². The number of carbonyl (C=O) groups excluding carboxylic acids is 2. The second-order valence-electron chi connectivity index (χ2n) is 7.67. The van der Waals surface area contributed by atoms with Crippen molar-refractivity contribution in [1.29, 1.82) is 0 Å². The zero-order valence-corrected chi connectivity index (χ0v) is 17.5. The second-order valence-corrected chi connectivity index (χ2v) is 7.67. The predicted molar refractivity (Wildman–Crippen MR) is 113 cm³/mol. The van der Waals surface area contributed by atoms with Crippen molar-refractivity contribution < 1.29 is 22.8 Å². The summed E-state index contributed by atoms with van der Waals surface area (Å²) in [6.07, 6.45) is 1.72. The van der Waals surface area contributed by atoms with E-state index in [0.717, 1.165) is 22.9 Å². The van der Waals surface area contributed by atoms with E-state index in [0.29, 0.717) is 30.0 Å². The maximum atomic E-state index is 14.3. The van der Waals surface area contributed by atoms with E-state index in [-0.39, 0.29) is 17.9 Å². The summed E-state index contributed by atoms with van der Waals surface area (Å²) in [6, 6.07) is 8.72. The van der Waals surface area contributed by atoms with Gasteiger partial charge in [0.2, 0.25) is 0 Å². The molecule has 5 nitrogen and oxygen atoms in total. The van der Waals surface area contributed by atoms with E-state index in [1.165, 1.54) is 24.1 Å². The number of fused-ring (bicyclic) bond motifs is 1. The number of rotatable bonds is 4. The Kier molecular flexibility index (Phi) is 5.69. The van der Waals surface area contributed by atoms with E-state index in [9.17, 15) is 22.8 Å². The van der Waals surface area contributed by atoms with Crippen molar-refractivity contribution in [2.45, 2.75) is 19.8 Å². The molecule has 2 aromatic carbocycles. The van der Waals surface area contributed by atoms with Gasteiger partial charge in [-0.05, 0) is 60.2 Å². The number of carbonyl (C=O) groups is 2. The highest BCUT2D eigenvalue weighted by atomic mass is 19.1. The third-order valence-corrected chi connectivity index (χ3v) is 5.55. The number of aromatic nitrogens is 1. The van der Waals surface area contributed by atoms with Crippen LogP contribution < -0.4 is 10.2 Å². The Morgan fingerprint density at radius 2 is 1.88 bits per heavy atom. The van der Waals surface area contributed by atoms with E-state index >= 15 is 0 Å². The molecule has 0 fully saturated rings. The quantitative estimate of drug-likeness (QED) is 0.670. The first-order valence-electron chi connectivity index (χ1n) is 10.0. The number of aryl methyl sites for hydroxylation is 1. The molecular weight excluding hydrogens is 419 g/mol. The van der Waals surface area contributed by atoms with Gasteiger partial charge in [-0.15, -0.1) is 0 Å². The normalized spacial score (nSPS) is 13.2. The molecule has 8 heteroatoms. The molecule has 1 N–H and O–H groups in total. The van der Waals surface area contributed by atoms with Crippen LogP contribution in [0.1, 0.15) is 43.0 Å². The van der Waals surface area contributed by atoms with Crippen LogP contribution in [0.25, 0.3) is 0 Å². The number of nitrogens with one attached hydrogen (secondary N) is 1. The zero-order chi connectivity index (χ0) is 23.0. The van der Waals surface area contributed by atoms with Crippen molar-refractivity contribution in [1.82, 2.24) is 10.3 Å². The van der Waals surface area contributed by atoms with Crippen LogP contribution in [0.4, 0.5) is 19.0 Å². The average Bonchev–Trinajstić information content (AvgIpc) is 2.75. The fourth-order valence-electron chi connectivity index (χ4n) is 4.02. The van der Waals surface area contributed by atoms with Crippen LogP contribution in [0.2, 0.25) is 0 Å². The smallest absolute Gasteiger partial charge is 0.259 e. The third-order valence-electron chi connectivity index (χ3n) is 5.55. The first-order chi connectivity index (χ1) is 15.3. The van der Waals surface area contributed by atoms with Crippen molar-refractivity contribution in [2.75, 3.05) is 18.5 Å². The maximum Gasteiger partial charge on any atom is 0.259 e. The molecule has 2 amide bonds. The van der Waals surface area contributed by atoms with Gasteiger partial charge in [-0.25, -0.2) is 18.2 Å².